The van der Waals surface area contributed by atoms with Crippen molar-refractivity contribution in [1.29, 1.82) is 0 Å². The van der Waals surface area contributed by atoms with Gasteiger partial charge in [0.1, 0.15) is 0 Å². The van der Waals surface area contributed by atoms with Gasteiger partial charge in [-0.2, -0.15) is 27.6 Å². The monoisotopic (exact) mass is 566 g/mol. The first kappa shape index (κ1) is 24.0. The number of hydrogen-bond donors (Lipinski definition) is 0. The Bertz CT molecular complexity index is 64.5. The molecule has 0 fully saturated rings. The SMILES string of the molecule is [Au].[Au].[B][P+]([CH2-])(C)C.[B][P+]([CH2-])(C)C. The van der Waals surface area contributed by atoms with Gasteiger partial charge in [0.25, 0.3) is 0 Å². The Morgan fingerprint density at radius 3 is 0.750 bits per heavy atom. The second kappa shape index (κ2) is 10.0. The summed E-state index contributed by atoms with van der Waals surface area (Å²) in [5.74, 6) is 0. The summed E-state index contributed by atoms with van der Waals surface area (Å²) in [5.41, 5.74) is 0. The Kier molecular flexibility index (Phi) is 20.0. The molecule has 0 heterocycles. The molecule has 78 valence electrons. The average molecular weight is 566 g/mol. The molecule has 0 aromatic heterocycles. The predicted octanol–water partition coefficient (Wildman–Crippen LogP) is 2.27. The molecule has 0 atom stereocenters. The number of hydrogen-bond acceptors (Lipinski definition) is 0. The Morgan fingerprint density at radius 1 is 0.750 bits per heavy atom. The molecule has 0 aliphatic heterocycles. The van der Waals surface area contributed by atoms with Crippen molar-refractivity contribution in [1.82, 2.24) is 0 Å². The third-order valence-corrected chi connectivity index (χ3v) is 0. The predicted molar refractivity (Wildman–Crippen MR) is 59.8 cm³/mol. The van der Waals surface area contributed by atoms with Crippen molar-refractivity contribution in [3.8, 4) is 0 Å². The van der Waals surface area contributed by atoms with Gasteiger partial charge in [0.2, 0.25) is 0 Å². The van der Waals surface area contributed by atoms with Crippen LogP contribution >= 0.6 is 14.3 Å². The molecular weight excluding hydrogens is 550 g/mol. The van der Waals surface area contributed by atoms with E-state index >= 15 is 0 Å². The fourth-order valence-electron chi connectivity index (χ4n) is 0. The Labute approximate surface area is 113 Å². The van der Waals surface area contributed by atoms with E-state index in [1.54, 1.807) is 0 Å². The van der Waals surface area contributed by atoms with Crippen LogP contribution in [0.1, 0.15) is 0 Å². The summed E-state index contributed by atoms with van der Waals surface area (Å²) in [7, 11) is 8.43. The Morgan fingerprint density at radius 2 is 0.750 bits per heavy atom. The van der Waals surface area contributed by atoms with E-state index in [0.717, 1.165) is 0 Å². The molecule has 0 rings (SSSR count). The fraction of sp³-hybridized carbons (Fsp3) is 0.667. The number of rotatable bonds is 0. The summed E-state index contributed by atoms with van der Waals surface area (Å²) < 4.78 is 0. The van der Waals surface area contributed by atoms with Crippen molar-refractivity contribution in [2.75, 3.05) is 26.7 Å². The van der Waals surface area contributed by atoms with Crippen molar-refractivity contribution in [2.45, 2.75) is 0 Å². The van der Waals surface area contributed by atoms with Crippen molar-refractivity contribution in [3.05, 3.63) is 13.3 Å². The van der Waals surface area contributed by atoms with Gasteiger partial charge in [-0.3, -0.25) is 0 Å². The molecule has 6 heteroatoms. The topological polar surface area (TPSA) is 0 Å². The normalized spacial score (nSPS) is 9.83. The maximum atomic E-state index is 5.35. The molecule has 0 amide bonds. The molecule has 0 N–H and O–H groups in total. The molecule has 0 nitrogen and oxygen atoms in total. The van der Waals surface area contributed by atoms with E-state index in [2.05, 4.69) is 13.3 Å². The zero-order chi connectivity index (χ0) is 9.00. The summed E-state index contributed by atoms with van der Waals surface area (Å²) >= 11 is 0. The summed E-state index contributed by atoms with van der Waals surface area (Å²) in [6.07, 6.45) is 0. The van der Waals surface area contributed by atoms with Crippen molar-refractivity contribution in [3.63, 3.8) is 0 Å². The third-order valence-electron chi connectivity index (χ3n) is 0. The van der Waals surface area contributed by atoms with Gasteiger partial charge in [-0.1, -0.05) is 0 Å². The van der Waals surface area contributed by atoms with Crippen LogP contribution in [0.15, 0.2) is 0 Å². The molecule has 0 spiro atoms. The molecule has 0 aliphatic rings. The second-order valence-corrected chi connectivity index (χ2v) is 10.7. The minimum absolute atomic E-state index is 0. The molecule has 12 heavy (non-hydrogen) atoms. The van der Waals surface area contributed by atoms with E-state index in [0.29, 0.717) is 0 Å². The van der Waals surface area contributed by atoms with Crippen LogP contribution in [0.2, 0.25) is 0 Å². The minimum atomic E-state index is -1.14. The van der Waals surface area contributed by atoms with Crippen molar-refractivity contribution < 1.29 is 44.8 Å². The van der Waals surface area contributed by atoms with Crippen LogP contribution in [0.5, 0.6) is 0 Å². The van der Waals surface area contributed by atoms with E-state index in [9.17, 15) is 0 Å². The molecule has 0 unspecified atom stereocenters. The van der Waals surface area contributed by atoms with E-state index in [1.807, 2.05) is 26.7 Å². The second-order valence-electron chi connectivity index (χ2n) is 3.56. The van der Waals surface area contributed by atoms with Crippen LogP contribution in [-0.2, 0) is 44.8 Å². The Hall–Kier alpha value is 2.47. The molecule has 0 bridgehead atoms. The summed E-state index contributed by atoms with van der Waals surface area (Å²) in [6.45, 7) is 15.2. The van der Waals surface area contributed by atoms with Gasteiger partial charge in [-0.25, -0.2) is 0 Å². The van der Waals surface area contributed by atoms with Crippen molar-refractivity contribution in [2.24, 2.45) is 0 Å². The van der Waals surface area contributed by atoms with Gasteiger partial charge in [0.15, 0.2) is 0 Å². The van der Waals surface area contributed by atoms with Crippen LogP contribution in [-0.4, -0.2) is 41.8 Å². The van der Waals surface area contributed by atoms with Gasteiger partial charge in [-0.15, -0.1) is 0 Å². The fourth-order valence-corrected chi connectivity index (χ4v) is 0. The van der Waals surface area contributed by atoms with Gasteiger partial charge < -0.3 is 0 Å². The van der Waals surface area contributed by atoms with Crippen molar-refractivity contribution >= 4 is 29.4 Å². The molecule has 0 aromatic rings. The maximum Gasteiger partial charge on any atom is 0.329 e. The standard InChI is InChI=1S/2C3H8BP.2Au/c2*1-5(2,3)4;;/h2*1H2,2-3H3;;. The summed E-state index contributed by atoms with van der Waals surface area (Å²) in [6, 6.07) is 0. The summed E-state index contributed by atoms with van der Waals surface area (Å²) in [5, 5.41) is 0. The average Bonchev–Trinajstić information content (AvgIpc) is 1.12. The molecular formula is C6H16Au2B2P2. The van der Waals surface area contributed by atoms with Crippen LogP contribution in [0, 0.1) is 13.3 Å². The van der Waals surface area contributed by atoms with Gasteiger partial charge in [0, 0.05) is 71.4 Å². The molecule has 0 aromatic carbocycles. The van der Waals surface area contributed by atoms with E-state index in [-0.39, 0.29) is 44.8 Å². The first-order valence-corrected chi connectivity index (χ1v) is 8.81. The van der Waals surface area contributed by atoms with Crippen LogP contribution in [0.25, 0.3) is 0 Å². The molecule has 0 aliphatic carbocycles. The van der Waals surface area contributed by atoms with Crippen LogP contribution in [0.4, 0.5) is 0 Å². The van der Waals surface area contributed by atoms with Gasteiger partial charge >= 0.3 is 15.1 Å². The van der Waals surface area contributed by atoms with E-state index < -0.39 is 14.3 Å². The minimum Gasteiger partial charge on any atom is -0.198 e. The van der Waals surface area contributed by atoms with E-state index in [1.165, 1.54) is 0 Å². The van der Waals surface area contributed by atoms with Crippen LogP contribution < -0.4 is 0 Å². The maximum absolute atomic E-state index is 5.35. The zero-order valence-electron chi connectivity index (χ0n) is 8.07. The molecule has 0 saturated heterocycles. The Balaban J connectivity index is -0.0000000457. The first-order chi connectivity index (χ1) is 4.00. The van der Waals surface area contributed by atoms with Gasteiger partial charge in [-0.05, 0) is 0 Å². The van der Waals surface area contributed by atoms with Gasteiger partial charge in [0.05, 0.1) is 0 Å². The first-order valence-electron chi connectivity index (χ1n) is 2.94. The van der Waals surface area contributed by atoms with E-state index in [4.69, 9.17) is 15.1 Å². The zero-order valence-corrected chi connectivity index (χ0v) is 14.2. The molecule has 6 radical (unpaired) electrons. The summed E-state index contributed by atoms with van der Waals surface area (Å²) in [4.78, 5) is 0. The molecule has 0 saturated carbocycles. The quantitative estimate of drug-likeness (QED) is 0.240. The third kappa shape index (κ3) is 269. The largest absolute Gasteiger partial charge is 0.329 e. The van der Waals surface area contributed by atoms with Crippen LogP contribution in [0.3, 0.4) is 0 Å². The smallest absolute Gasteiger partial charge is 0.198 e.